The van der Waals surface area contributed by atoms with Crippen molar-refractivity contribution in [1.29, 1.82) is 0 Å². The molecule has 5 heteroatoms. The number of aliphatic carboxylic acids is 1. The van der Waals surface area contributed by atoms with Crippen LogP contribution in [-0.2, 0) is 9.59 Å². The summed E-state index contributed by atoms with van der Waals surface area (Å²) in [5.41, 5.74) is 1.84. The van der Waals surface area contributed by atoms with Gasteiger partial charge in [-0.15, -0.1) is 0 Å². The second kappa shape index (κ2) is 7.63. The van der Waals surface area contributed by atoms with Crippen LogP contribution >= 0.6 is 11.6 Å². The third kappa shape index (κ3) is 4.47. The van der Waals surface area contributed by atoms with E-state index in [2.05, 4.69) is 0 Å². The second-order valence-corrected chi connectivity index (χ2v) is 6.38. The minimum Gasteiger partial charge on any atom is -0.481 e. The van der Waals surface area contributed by atoms with Gasteiger partial charge in [-0.1, -0.05) is 17.7 Å². The van der Waals surface area contributed by atoms with E-state index in [4.69, 9.17) is 11.6 Å². The number of carbonyl (C=O) groups excluding carboxylic acids is 1. The smallest absolute Gasteiger partial charge is 0.303 e. The number of hydrogen-bond donors (Lipinski definition) is 1. The summed E-state index contributed by atoms with van der Waals surface area (Å²) in [5, 5.41) is 9.74. The van der Waals surface area contributed by atoms with Crippen molar-refractivity contribution in [2.75, 3.05) is 13.1 Å². The monoisotopic (exact) mass is 323 g/mol. The van der Waals surface area contributed by atoms with Crippen molar-refractivity contribution < 1.29 is 14.7 Å². The van der Waals surface area contributed by atoms with Crippen LogP contribution in [0.15, 0.2) is 18.2 Å². The first kappa shape index (κ1) is 16.8. The first-order valence-corrected chi connectivity index (χ1v) is 8.11. The molecule has 2 rings (SSSR count). The number of piperidine rings is 1. The topological polar surface area (TPSA) is 57.6 Å². The molecular formula is C17H22ClNO3. The summed E-state index contributed by atoms with van der Waals surface area (Å²) in [6, 6.07) is 5.44. The lowest BCUT2D eigenvalue weighted by molar-refractivity contribution is -0.138. The van der Waals surface area contributed by atoms with Crippen LogP contribution in [0.4, 0.5) is 0 Å². The predicted molar refractivity (Wildman–Crippen MR) is 86.2 cm³/mol. The molecule has 4 nitrogen and oxygen atoms in total. The molecule has 0 aromatic heterocycles. The first-order valence-electron chi connectivity index (χ1n) is 7.73. The highest BCUT2D eigenvalue weighted by Crippen LogP contribution is 2.30. The van der Waals surface area contributed by atoms with Crippen molar-refractivity contribution in [3.05, 3.63) is 34.3 Å². The van der Waals surface area contributed by atoms with Gasteiger partial charge in [0.1, 0.15) is 0 Å². The van der Waals surface area contributed by atoms with Gasteiger partial charge in [0.2, 0.25) is 5.91 Å². The number of aryl methyl sites for hydroxylation is 1. The minimum absolute atomic E-state index is 0.0466. The molecule has 1 atom stereocenters. The lowest BCUT2D eigenvalue weighted by atomic mass is 9.88. The minimum atomic E-state index is -0.893. The lowest BCUT2D eigenvalue weighted by Crippen LogP contribution is -2.36. The summed E-state index contributed by atoms with van der Waals surface area (Å²) in [5.74, 6) is -1.17. The standard InChI is InChI=1S/C17H22ClNO3/c1-12-5-6-14(18)11-15(12)13(10-17(21)22)9-16(20)19-7-3-2-4-8-19/h5-6,11,13H,2-4,7-10H2,1H3,(H,21,22). The van der Waals surface area contributed by atoms with E-state index in [-0.39, 0.29) is 24.7 Å². The molecule has 1 aromatic rings. The van der Waals surface area contributed by atoms with E-state index in [9.17, 15) is 14.7 Å². The molecule has 1 N–H and O–H groups in total. The molecule has 1 amide bonds. The maximum Gasteiger partial charge on any atom is 0.303 e. The summed E-state index contributed by atoms with van der Waals surface area (Å²) < 4.78 is 0. The van der Waals surface area contributed by atoms with E-state index >= 15 is 0 Å². The Bertz CT molecular complexity index is 553. The average Bonchev–Trinajstić information content (AvgIpc) is 2.49. The second-order valence-electron chi connectivity index (χ2n) is 5.94. The van der Waals surface area contributed by atoms with Gasteiger partial charge in [0, 0.05) is 30.5 Å². The van der Waals surface area contributed by atoms with Crippen LogP contribution < -0.4 is 0 Å². The highest BCUT2D eigenvalue weighted by molar-refractivity contribution is 6.30. The molecular weight excluding hydrogens is 302 g/mol. The van der Waals surface area contributed by atoms with Crippen LogP contribution in [0, 0.1) is 6.92 Å². The number of halogens is 1. The van der Waals surface area contributed by atoms with Gasteiger partial charge in [0.25, 0.3) is 0 Å². The third-order valence-electron chi connectivity index (χ3n) is 4.23. The third-order valence-corrected chi connectivity index (χ3v) is 4.47. The molecule has 0 radical (unpaired) electrons. The van der Waals surface area contributed by atoms with Crippen LogP contribution in [0.3, 0.4) is 0 Å². The molecule has 1 heterocycles. The Morgan fingerprint density at radius 3 is 2.55 bits per heavy atom. The van der Waals surface area contributed by atoms with E-state index in [0.717, 1.165) is 43.5 Å². The highest BCUT2D eigenvalue weighted by Gasteiger charge is 2.25. The number of carboxylic acids is 1. The van der Waals surface area contributed by atoms with E-state index in [1.54, 1.807) is 12.1 Å². The zero-order valence-corrected chi connectivity index (χ0v) is 13.6. The fourth-order valence-corrected chi connectivity index (χ4v) is 3.22. The van der Waals surface area contributed by atoms with E-state index in [1.165, 1.54) is 0 Å². The van der Waals surface area contributed by atoms with Gasteiger partial charge in [0.05, 0.1) is 6.42 Å². The van der Waals surface area contributed by atoms with E-state index in [0.29, 0.717) is 5.02 Å². The SMILES string of the molecule is Cc1ccc(Cl)cc1C(CC(=O)O)CC(=O)N1CCCCC1. The Balaban J connectivity index is 2.16. The van der Waals surface area contributed by atoms with Gasteiger partial charge >= 0.3 is 5.97 Å². The lowest BCUT2D eigenvalue weighted by Gasteiger charge is -2.28. The molecule has 22 heavy (non-hydrogen) atoms. The fraction of sp³-hybridized carbons (Fsp3) is 0.529. The van der Waals surface area contributed by atoms with Gasteiger partial charge in [-0.2, -0.15) is 0 Å². The fourth-order valence-electron chi connectivity index (χ4n) is 3.04. The Kier molecular flexibility index (Phi) is 5.83. The molecule has 0 bridgehead atoms. The number of nitrogens with zero attached hydrogens (tertiary/aromatic N) is 1. The number of benzene rings is 1. The van der Waals surface area contributed by atoms with E-state index in [1.807, 2.05) is 17.9 Å². The van der Waals surface area contributed by atoms with Crippen LogP contribution in [-0.4, -0.2) is 35.0 Å². The van der Waals surface area contributed by atoms with Crippen molar-refractivity contribution in [3.63, 3.8) is 0 Å². The Morgan fingerprint density at radius 2 is 1.91 bits per heavy atom. The molecule has 1 aliphatic heterocycles. The van der Waals surface area contributed by atoms with Crippen molar-refractivity contribution in [2.45, 2.75) is 44.9 Å². The number of carbonyl (C=O) groups is 2. The maximum absolute atomic E-state index is 12.5. The molecule has 1 aliphatic rings. The number of carboxylic acid groups (broad SMARTS) is 1. The molecule has 0 spiro atoms. The molecule has 1 saturated heterocycles. The zero-order chi connectivity index (χ0) is 16.1. The molecule has 0 saturated carbocycles. The number of hydrogen-bond acceptors (Lipinski definition) is 2. The largest absolute Gasteiger partial charge is 0.481 e. The van der Waals surface area contributed by atoms with Crippen molar-refractivity contribution >= 4 is 23.5 Å². The molecule has 1 unspecified atom stereocenters. The molecule has 1 fully saturated rings. The Hall–Kier alpha value is -1.55. The average molecular weight is 324 g/mol. The molecule has 0 aliphatic carbocycles. The van der Waals surface area contributed by atoms with Crippen LogP contribution in [0.25, 0.3) is 0 Å². The van der Waals surface area contributed by atoms with Crippen LogP contribution in [0.2, 0.25) is 5.02 Å². The number of rotatable bonds is 5. The van der Waals surface area contributed by atoms with Crippen LogP contribution in [0.1, 0.15) is 49.1 Å². The van der Waals surface area contributed by atoms with Gasteiger partial charge in [-0.3, -0.25) is 9.59 Å². The summed E-state index contributed by atoms with van der Waals surface area (Å²) >= 11 is 6.04. The Morgan fingerprint density at radius 1 is 1.23 bits per heavy atom. The normalized spacial score (nSPS) is 16.4. The van der Waals surface area contributed by atoms with Gasteiger partial charge in [0.15, 0.2) is 0 Å². The summed E-state index contributed by atoms with van der Waals surface area (Å²) in [4.78, 5) is 25.5. The predicted octanol–water partition coefficient (Wildman–Crippen LogP) is 3.61. The molecule has 120 valence electrons. The quantitative estimate of drug-likeness (QED) is 0.900. The van der Waals surface area contributed by atoms with Gasteiger partial charge in [-0.25, -0.2) is 0 Å². The maximum atomic E-state index is 12.5. The van der Waals surface area contributed by atoms with Gasteiger partial charge in [-0.05, 0) is 49.4 Å². The summed E-state index contributed by atoms with van der Waals surface area (Å²) in [6.07, 6.45) is 3.40. The van der Waals surface area contributed by atoms with Gasteiger partial charge < -0.3 is 10.0 Å². The molecule has 1 aromatic carbocycles. The van der Waals surface area contributed by atoms with Crippen molar-refractivity contribution in [2.24, 2.45) is 0 Å². The first-order chi connectivity index (χ1) is 10.5. The summed E-state index contributed by atoms with van der Waals surface area (Å²) in [6.45, 7) is 3.49. The zero-order valence-electron chi connectivity index (χ0n) is 12.8. The summed E-state index contributed by atoms with van der Waals surface area (Å²) in [7, 11) is 0. The number of likely N-dealkylation sites (tertiary alicyclic amines) is 1. The number of amides is 1. The highest BCUT2D eigenvalue weighted by atomic mass is 35.5. The Labute approximate surface area is 136 Å². The van der Waals surface area contributed by atoms with Crippen molar-refractivity contribution in [3.8, 4) is 0 Å². The van der Waals surface area contributed by atoms with Crippen molar-refractivity contribution in [1.82, 2.24) is 4.90 Å². The van der Waals surface area contributed by atoms with Crippen LogP contribution in [0.5, 0.6) is 0 Å². The van der Waals surface area contributed by atoms with E-state index < -0.39 is 5.97 Å².